The van der Waals surface area contributed by atoms with Crippen molar-refractivity contribution in [3.8, 4) is 16.9 Å². The van der Waals surface area contributed by atoms with Gasteiger partial charge in [-0.2, -0.15) is 0 Å². The molecule has 0 aliphatic carbocycles. The van der Waals surface area contributed by atoms with E-state index in [-0.39, 0.29) is 5.97 Å². The van der Waals surface area contributed by atoms with Crippen LogP contribution in [0, 0.1) is 0 Å². The Morgan fingerprint density at radius 1 is 1.45 bits per heavy atom. The summed E-state index contributed by atoms with van der Waals surface area (Å²) in [6.45, 7) is 2.08. The van der Waals surface area contributed by atoms with Crippen molar-refractivity contribution in [2.45, 2.75) is 6.92 Å². The zero-order valence-corrected chi connectivity index (χ0v) is 12.1. The third kappa shape index (κ3) is 2.76. The molecule has 0 saturated heterocycles. The Labute approximate surface area is 121 Å². The van der Waals surface area contributed by atoms with E-state index in [1.54, 1.807) is 14.0 Å². The molecular formula is C14H16N2O3S. The maximum absolute atomic E-state index is 12.1. The Morgan fingerprint density at radius 3 is 2.90 bits per heavy atom. The summed E-state index contributed by atoms with van der Waals surface area (Å²) < 4.78 is 10.3. The van der Waals surface area contributed by atoms with Gasteiger partial charge in [0, 0.05) is 10.9 Å². The number of benzene rings is 1. The summed E-state index contributed by atoms with van der Waals surface area (Å²) in [5, 5.41) is 2.46. The molecule has 20 heavy (non-hydrogen) atoms. The maximum atomic E-state index is 12.1. The maximum Gasteiger partial charge on any atom is 0.341 e. The first-order valence-electron chi connectivity index (χ1n) is 6.10. The number of hydrogen-bond donors (Lipinski definition) is 2. The van der Waals surface area contributed by atoms with E-state index < -0.39 is 0 Å². The number of hydrazine groups is 1. The van der Waals surface area contributed by atoms with Crippen LogP contribution in [0.1, 0.15) is 17.3 Å². The molecule has 6 heteroatoms. The predicted octanol–water partition coefficient (Wildman–Crippen LogP) is 2.89. The lowest BCUT2D eigenvalue weighted by Gasteiger charge is -2.08. The number of methoxy groups -OCH3 is 1. The fourth-order valence-corrected chi connectivity index (χ4v) is 2.74. The molecule has 106 valence electrons. The second-order valence-electron chi connectivity index (χ2n) is 3.95. The van der Waals surface area contributed by atoms with Crippen LogP contribution in [0.15, 0.2) is 29.6 Å². The molecule has 0 spiro atoms. The third-order valence-corrected chi connectivity index (χ3v) is 3.69. The first-order valence-corrected chi connectivity index (χ1v) is 6.98. The van der Waals surface area contributed by atoms with Crippen molar-refractivity contribution in [2.75, 3.05) is 19.1 Å². The van der Waals surface area contributed by atoms with Crippen molar-refractivity contribution in [1.29, 1.82) is 0 Å². The number of carbonyl (C=O) groups excluding carboxylic acids is 1. The van der Waals surface area contributed by atoms with E-state index in [0.29, 0.717) is 17.2 Å². The molecule has 2 rings (SSSR count). The molecule has 1 aromatic carbocycles. The van der Waals surface area contributed by atoms with Crippen molar-refractivity contribution < 1.29 is 14.3 Å². The lowest BCUT2D eigenvalue weighted by Crippen LogP contribution is -2.12. The second-order valence-corrected chi connectivity index (χ2v) is 4.83. The zero-order valence-electron chi connectivity index (χ0n) is 11.3. The quantitative estimate of drug-likeness (QED) is 0.503. The van der Waals surface area contributed by atoms with E-state index in [1.807, 2.05) is 29.6 Å². The van der Waals surface area contributed by atoms with Crippen molar-refractivity contribution in [1.82, 2.24) is 0 Å². The second kappa shape index (κ2) is 6.40. The lowest BCUT2D eigenvalue weighted by atomic mass is 10.0. The van der Waals surface area contributed by atoms with Crippen LogP contribution >= 0.6 is 11.3 Å². The van der Waals surface area contributed by atoms with Gasteiger partial charge in [-0.15, -0.1) is 11.3 Å². The van der Waals surface area contributed by atoms with Gasteiger partial charge in [-0.25, -0.2) is 10.6 Å². The Kier molecular flexibility index (Phi) is 4.60. The van der Waals surface area contributed by atoms with Crippen LogP contribution in [0.2, 0.25) is 0 Å². The number of thiophene rings is 1. The molecule has 0 aliphatic rings. The largest absolute Gasteiger partial charge is 0.497 e. The standard InChI is InChI=1S/C14H16N2O3S/c1-3-19-14(17)12-11(8-20-13(12)16-15)9-5-4-6-10(7-9)18-2/h4-8,16H,3,15H2,1-2H3. The van der Waals surface area contributed by atoms with E-state index in [0.717, 1.165) is 16.9 Å². The molecule has 0 saturated carbocycles. The minimum absolute atomic E-state index is 0.316. The van der Waals surface area contributed by atoms with Gasteiger partial charge in [-0.3, -0.25) is 0 Å². The summed E-state index contributed by atoms with van der Waals surface area (Å²) in [4.78, 5) is 12.1. The fourth-order valence-electron chi connectivity index (χ4n) is 1.87. The molecule has 1 heterocycles. The summed E-state index contributed by atoms with van der Waals surface area (Å²) in [6, 6.07) is 7.50. The van der Waals surface area contributed by atoms with Gasteiger partial charge < -0.3 is 14.9 Å². The highest BCUT2D eigenvalue weighted by Gasteiger charge is 2.21. The summed E-state index contributed by atoms with van der Waals surface area (Å²) in [6.07, 6.45) is 0. The SMILES string of the molecule is CCOC(=O)c1c(-c2cccc(OC)c2)csc1NN. The number of carbonyl (C=O) groups is 1. The van der Waals surface area contributed by atoms with Gasteiger partial charge in [-0.1, -0.05) is 12.1 Å². The zero-order chi connectivity index (χ0) is 14.5. The molecule has 3 N–H and O–H groups in total. The monoisotopic (exact) mass is 292 g/mol. The van der Waals surface area contributed by atoms with Crippen molar-refractivity contribution in [2.24, 2.45) is 5.84 Å². The van der Waals surface area contributed by atoms with Crippen molar-refractivity contribution in [3.63, 3.8) is 0 Å². The van der Waals surface area contributed by atoms with Gasteiger partial charge in [0.25, 0.3) is 0 Å². The van der Waals surface area contributed by atoms with Gasteiger partial charge >= 0.3 is 5.97 Å². The number of nitrogens with two attached hydrogens (primary N) is 1. The summed E-state index contributed by atoms with van der Waals surface area (Å²) in [7, 11) is 1.60. The smallest absolute Gasteiger partial charge is 0.341 e. The van der Waals surface area contributed by atoms with E-state index in [9.17, 15) is 4.79 Å². The Morgan fingerprint density at radius 2 is 2.25 bits per heavy atom. The van der Waals surface area contributed by atoms with Gasteiger partial charge in [0.1, 0.15) is 16.3 Å². The van der Waals surface area contributed by atoms with Crippen LogP contribution in [0.25, 0.3) is 11.1 Å². The predicted molar refractivity (Wildman–Crippen MR) is 80.1 cm³/mol. The van der Waals surface area contributed by atoms with E-state index in [4.69, 9.17) is 15.3 Å². The number of esters is 1. The molecule has 0 radical (unpaired) electrons. The normalized spacial score (nSPS) is 10.2. The summed E-state index contributed by atoms with van der Waals surface area (Å²) in [5.74, 6) is 5.80. The van der Waals surface area contributed by atoms with Crippen molar-refractivity contribution >= 4 is 22.3 Å². The number of ether oxygens (including phenoxy) is 2. The molecule has 1 aromatic heterocycles. The van der Waals surface area contributed by atoms with Gasteiger partial charge in [0.05, 0.1) is 13.7 Å². The molecule has 0 fully saturated rings. The van der Waals surface area contributed by atoms with Gasteiger partial charge in [0.15, 0.2) is 0 Å². The van der Waals surface area contributed by atoms with E-state index in [1.165, 1.54) is 11.3 Å². The van der Waals surface area contributed by atoms with E-state index in [2.05, 4.69) is 5.43 Å². The number of nitrogens with one attached hydrogen (secondary N) is 1. The van der Waals surface area contributed by atoms with Crippen LogP contribution in [0.3, 0.4) is 0 Å². The Balaban J connectivity index is 2.50. The minimum Gasteiger partial charge on any atom is -0.497 e. The molecule has 0 atom stereocenters. The average molecular weight is 292 g/mol. The molecule has 2 aromatic rings. The number of rotatable bonds is 5. The highest BCUT2D eigenvalue weighted by Crippen LogP contribution is 2.36. The van der Waals surface area contributed by atoms with Gasteiger partial charge in [-0.05, 0) is 24.6 Å². The van der Waals surface area contributed by atoms with Gasteiger partial charge in [0.2, 0.25) is 0 Å². The molecular weight excluding hydrogens is 276 g/mol. The first-order chi connectivity index (χ1) is 9.71. The molecule has 0 aliphatic heterocycles. The minimum atomic E-state index is -0.389. The molecule has 0 bridgehead atoms. The third-order valence-electron chi connectivity index (χ3n) is 2.78. The topological polar surface area (TPSA) is 73.6 Å². The van der Waals surface area contributed by atoms with Crippen LogP contribution in [-0.4, -0.2) is 19.7 Å². The molecule has 0 amide bonds. The van der Waals surface area contributed by atoms with Crippen LogP contribution in [0.5, 0.6) is 5.75 Å². The molecule has 0 unspecified atom stereocenters. The van der Waals surface area contributed by atoms with Crippen LogP contribution in [0.4, 0.5) is 5.00 Å². The average Bonchev–Trinajstić information content (AvgIpc) is 2.91. The lowest BCUT2D eigenvalue weighted by molar-refractivity contribution is 0.0529. The summed E-state index contributed by atoms with van der Waals surface area (Å²) in [5.41, 5.74) is 4.65. The highest BCUT2D eigenvalue weighted by atomic mass is 32.1. The number of anilines is 1. The van der Waals surface area contributed by atoms with Crippen molar-refractivity contribution in [3.05, 3.63) is 35.2 Å². The number of nitrogen functional groups attached to an aromatic ring is 1. The van der Waals surface area contributed by atoms with E-state index >= 15 is 0 Å². The number of hydrogen-bond acceptors (Lipinski definition) is 6. The van der Waals surface area contributed by atoms with Crippen LogP contribution < -0.4 is 16.0 Å². The van der Waals surface area contributed by atoms with Crippen LogP contribution in [-0.2, 0) is 4.74 Å². The highest BCUT2D eigenvalue weighted by molar-refractivity contribution is 7.15. The molecule has 5 nitrogen and oxygen atoms in total. The fraction of sp³-hybridized carbons (Fsp3) is 0.214. The summed E-state index contributed by atoms with van der Waals surface area (Å²) >= 11 is 1.36. The Bertz CT molecular complexity index is 610. The Hall–Kier alpha value is -2.05. The first kappa shape index (κ1) is 14.4.